The van der Waals surface area contributed by atoms with Gasteiger partial charge in [0, 0.05) is 17.7 Å². The lowest BCUT2D eigenvalue weighted by atomic mass is 10.1. The summed E-state index contributed by atoms with van der Waals surface area (Å²) in [6.45, 7) is 0. The molecule has 1 N–H and O–H groups in total. The summed E-state index contributed by atoms with van der Waals surface area (Å²) in [6, 6.07) is 23.3. The van der Waals surface area contributed by atoms with Gasteiger partial charge < -0.3 is 14.8 Å². The van der Waals surface area contributed by atoms with Crippen LogP contribution in [0.15, 0.2) is 78.9 Å². The normalized spacial score (nSPS) is 10.2. The van der Waals surface area contributed by atoms with E-state index in [-0.39, 0.29) is 11.9 Å². The lowest BCUT2D eigenvalue weighted by Gasteiger charge is -2.08. The maximum absolute atomic E-state index is 12.3. The molecule has 3 aromatic carbocycles. The molecule has 5 heteroatoms. The molecule has 3 aromatic rings. The minimum atomic E-state index is -0.306. The third-order valence-corrected chi connectivity index (χ3v) is 4.16. The van der Waals surface area contributed by atoms with E-state index in [4.69, 9.17) is 9.47 Å². The molecule has 3 rings (SSSR count). The highest BCUT2D eigenvalue weighted by atomic mass is 16.5. The number of anilines is 1. The predicted molar refractivity (Wildman–Crippen MR) is 108 cm³/mol. The van der Waals surface area contributed by atoms with Crippen molar-refractivity contribution in [3.05, 3.63) is 90.0 Å². The molecule has 0 heterocycles. The quantitative estimate of drug-likeness (QED) is 0.488. The molecule has 0 aliphatic carbocycles. The Morgan fingerprint density at radius 1 is 0.821 bits per heavy atom. The van der Waals surface area contributed by atoms with Gasteiger partial charge in [-0.3, -0.25) is 9.59 Å². The number of hydrogen-bond donors (Lipinski definition) is 1. The number of nitrogens with one attached hydrogen (secondary N) is 1. The largest absolute Gasteiger partial charge is 0.497 e. The number of hydrogen-bond acceptors (Lipinski definition) is 4. The zero-order valence-corrected chi connectivity index (χ0v) is 15.6. The van der Waals surface area contributed by atoms with Crippen LogP contribution in [0.5, 0.6) is 11.5 Å². The monoisotopic (exact) mass is 375 g/mol. The second kappa shape index (κ2) is 9.37. The van der Waals surface area contributed by atoms with Crippen LogP contribution >= 0.6 is 0 Å². The van der Waals surface area contributed by atoms with Gasteiger partial charge in [-0.1, -0.05) is 30.3 Å². The number of methoxy groups -OCH3 is 1. The van der Waals surface area contributed by atoms with Gasteiger partial charge in [-0.05, 0) is 60.5 Å². The molecular formula is C23H21NO4. The fraction of sp³-hybridized carbons (Fsp3) is 0.130. The number of carbonyl (C=O) groups is 2. The third kappa shape index (κ3) is 5.45. The van der Waals surface area contributed by atoms with E-state index >= 15 is 0 Å². The summed E-state index contributed by atoms with van der Waals surface area (Å²) in [7, 11) is 1.59. The van der Waals surface area contributed by atoms with E-state index in [0.717, 1.165) is 11.3 Å². The highest BCUT2D eigenvalue weighted by molar-refractivity contribution is 6.04. The van der Waals surface area contributed by atoms with E-state index in [2.05, 4.69) is 5.32 Å². The Kier molecular flexibility index (Phi) is 6.41. The molecule has 1 amide bonds. The standard InChI is InChI=1S/C23H21NO4/c1-27-20-14-10-19(11-15-20)24-23(26)18-8-12-21(13-9-18)28-22(25)16-7-17-5-3-2-4-6-17/h2-6,8-15H,7,16H2,1H3,(H,24,26). The first-order valence-electron chi connectivity index (χ1n) is 8.94. The highest BCUT2D eigenvalue weighted by Crippen LogP contribution is 2.18. The molecular weight excluding hydrogens is 354 g/mol. The van der Waals surface area contributed by atoms with E-state index in [1.807, 2.05) is 30.3 Å². The number of rotatable bonds is 7. The Bertz CT molecular complexity index is 919. The van der Waals surface area contributed by atoms with Crippen LogP contribution in [0.4, 0.5) is 5.69 Å². The van der Waals surface area contributed by atoms with Gasteiger partial charge in [0.1, 0.15) is 11.5 Å². The molecule has 5 nitrogen and oxygen atoms in total. The zero-order valence-electron chi connectivity index (χ0n) is 15.6. The number of amides is 1. The first kappa shape index (κ1) is 19.2. The van der Waals surface area contributed by atoms with Crippen LogP contribution in [0.3, 0.4) is 0 Å². The minimum Gasteiger partial charge on any atom is -0.497 e. The Morgan fingerprint density at radius 2 is 1.46 bits per heavy atom. The molecule has 0 bridgehead atoms. The first-order chi connectivity index (χ1) is 13.6. The lowest BCUT2D eigenvalue weighted by molar-refractivity contribution is -0.134. The summed E-state index contributed by atoms with van der Waals surface area (Å²) in [4.78, 5) is 24.3. The van der Waals surface area contributed by atoms with Crippen molar-refractivity contribution in [1.82, 2.24) is 0 Å². The molecule has 0 fully saturated rings. The van der Waals surface area contributed by atoms with Gasteiger partial charge >= 0.3 is 5.97 Å². The summed E-state index contributed by atoms with van der Waals surface area (Å²) in [5.74, 6) is 0.585. The molecule has 0 aromatic heterocycles. The highest BCUT2D eigenvalue weighted by Gasteiger charge is 2.09. The van der Waals surface area contributed by atoms with Gasteiger partial charge in [-0.15, -0.1) is 0 Å². The maximum Gasteiger partial charge on any atom is 0.311 e. The molecule has 0 atom stereocenters. The molecule has 0 aliphatic rings. The predicted octanol–water partition coefficient (Wildman–Crippen LogP) is 4.49. The van der Waals surface area contributed by atoms with Crippen molar-refractivity contribution in [2.24, 2.45) is 0 Å². The number of aryl methyl sites for hydroxylation is 1. The van der Waals surface area contributed by atoms with Crippen molar-refractivity contribution >= 4 is 17.6 Å². The molecule has 0 aliphatic heterocycles. The lowest BCUT2D eigenvalue weighted by Crippen LogP contribution is -2.12. The second-order valence-corrected chi connectivity index (χ2v) is 6.17. The molecule has 0 saturated carbocycles. The number of esters is 1. The van der Waals surface area contributed by atoms with Gasteiger partial charge in [0.05, 0.1) is 7.11 Å². The molecule has 0 spiro atoms. The van der Waals surface area contributed by atoms with Crippen LogP contribution in [0.25, 0.3) is 0 Å². The Labute approximate surface area is 163 Å². The molecule has 142 valence electrons. The Balaban J connectivity index is 1.52. The van der Waals surface area contributed by atoms with Gasteiger partial charge in [0.25, 0.3) is 5.91 Å². The average molecular weight is 375 g/mol. The maximum atomic E-state index is 12.3. The summed E-state index contributed by atoms with van der Waals surface area (Å²) in [5, 5.41) is 2.81. The molecule has 28 heavy (non-hydrogen) atoms. The van der Waals surface area contributed by atoms with Gasteiger partial charge in [-0.2, -0.15) is 0 Å². The van der Waals surface area contributed by atoms with Crippen molar-refractivity contribution in [2.75, 3.05) is 12.4 Å². The van der Waals surface area contributed by atoms with Crippen molar-refractivity contribution in [3.8, 4) is 11.5 Å². The van der Waals surface area contributed by atoms with E-state index in [1.165, 1.54) is 0 Å². The topological polar surface area (TPSA) is 64.6 Å². The second-order valence-electron chi connectivity index (χ2n) is 6.17. The molecule has 0 unspecified atom stereocenters. The van der Waals surface area contributed by atoms with Crippen LogP contribution in [-0.4, -0.2) is 19.0 Å². The first-order valence-corrected chi connectivity index (χ1v) is 8.94. The third-order valence-electron chi connectivity index (χ3n) is 4.16. The van der Waals surface area contributed by atoms with Crippen LogP contribution in [0.2, 0.25) is 0 Å². The van der Waals surface area contributed by atoms with Gasteiger partial charge in [0.2, 0.25) is 0 Å². The van der Waals surface area contributed by atoms with E-state index in [1.54, 1.807) is 55.6 Å². The van der Waals surface area contributed by atoms with Gasteiger partial charge in [0.15, 0.2) is 0 Å². The Morgan fingerprint density at radius 3 is 2.11 bits per heavy atom. The van der Waals surface area contributed by atoms with Crippen LogP contribution < -0.4 is 14.8 Å². The Hall–Kier alpha value is -3.60. The number of benzene rings is 3. The van der Waals surface area contributed by atoms with Crippen LogP contribution in [0, 0.1) is 0 Å². The van der Waals surface area contributed by atoms with Crippen LogP contribution in [0.1, 0.15) is 22.3 Å². The minimum absolute atomic E-state index is 0.243. The van der Waals surface area contributed by atoms with Crippen molar-refractivity contribution in [2.45, 2.75) is 12.8 Å². The smallest absolute Gasteiger partial charge is 0.311 e. The van der Waals surface area contributed by atoms with E-state index < -0.39 is 0 Å². The van der Waals surface area contributed by atoms with E-state index in [0.29, 0.717) is 29.8 Å². The van der Waals surface area contributed by atoms with Crippen molar-refractivity contribution in [1.29, 1.82) is 0 Å². The fourth-order valence-electron chi connectivity index (χ4n) is 2.63. The van der Waals surface area contributed by atoms with Crippen molar-refractivity contribution < 1.29 is 19.1 Å². The summed E-state index contributed by atoms with van der Waals surface area (Å²) in [5.41, 5.74) is 2.23. The van der Waals surface area contributed by atoms with Crippen LogP contribution in [-0.2, 0) is 11.2 Å². The van der Waals surface area contributed by atoms with E-state index in [9.17, 15) is 9.59 Å². The SMILES string of the molecule is COc1ccc(NC(=O)c2ccc(OC(=O)CCc3ccccc3)cc2)cc1. The average Bonchev–Trinajstić information content (AvgIpc) is 2.74. The van der Waals surface area contributed by atoms with Crippen molar-refractivity contribution in [3.63, 3.8) is 0 Å². The summed E-state index contributed by atoms with van der Waals surface area (Å²) in [6.07, 6.45) is 0.922. The number of ether oxygens (including phenoxy) is 2. The number of carbonyl (C=O) groups excluding carboxylic acids is 2. The summed E-state index contributed by atoms with van der Waals surface area (Å²) >= 11 is 0. The fourth-order valence-corrected chi connectivity index (χ4v) is 2.63. The zero-order chi connectivity index (χ0) is 19.8. The molecule has 0 saturated heterocycles. The summed E-state index contributed by atoms with van der Waals surface area (Å²) < 4.78 is 10.4. The van der Waals surface area contributed by atoms with Gasteiger partial charge in [-0.25, -0.2) is 0 Å². The molecule has 0 radical (unpaired) electrons.